The third-order valence-corrected chi connectivity index (χ3v) is 5.62. The maximum absolute atomic E-state index is 11.9. The van der Waals surface area contributed by atoms with E-state index in [2.05, 4.69) is 15.5 Å². The predicted molar refractivity (Wildman–Crippen MR) is 106 cm³/mol. The van der Waals surface area contributed by atoms with Gasteiger partial charge in [0.2, 0.25) is 5.13 Å². The first-order valence-corrected chi connectivity index (χ1v) is 10.0. The van der Waals surface area contributed by atoms with Crippen LogP contribution in [0.3, 0.4) is 0 Å². The summed E-state index contributed by atoms with van der Waals surface area (Å²) in [5.74, 6) is 0.991. The summed E-state index contributed by atoms with van der Waals surface area (Å²) in [5.41, 5.74) is 1.10. The highest BCUT2D eigenvalue weighted by Gasteiger charge is 2.10. The topological polar surface area (TPSA) is 64.1 Å². The molecule has 0 saturated carbocycles. The van der Waals surface area contributed by atoms with Crippen molar-refractivity contribution in [2.75, 3.05) is 11.9 Å². The van der Waals surface area contributed by atoms with Crippen molar-refractivity contribution in [3.8, 4) is 5.75 Å². The van der Waals surface area contributed by atoms with Crippen LogP contribution in [-0.2, 0) is 10.5 Å². The largest absolute Gasteiger partial charge is 0.484 e. The van der Waals surface area contributed by atoms with Gasteiger partial charge in [0.25, 0.3) is 5.91 Å². The van der Waals surface area contributed by atoms with Crippen LogP contribution in [-0.4, -0.2) is 22.7 Å². The lowest BCUT2D eigenvalue weighted by molar-refractivity contribution is -0.118. The smallest absolute Gasteiger partial charge is 0.264 e. The van der Waals surface area contributed by atoms with Crippen LogP contribution in [0.1, 0.15) is 5.56 Å². The Morgan fingerprint density at radius 2 is 1.92 bits per heavy atom. The van der Waals surface area contributed by atoms with Crippen molar-refractivity contribution in [3.63, 3.8) is 0 Å². The number of thioether (sulfide) groups is 1. The van der Waals surface area contributed by atoms with Crippen LogP contribution in [0.4, 0.5) is 5.13 Å². The van der Waals surface area contributed by atoms with E-state index < -0.39 is 0 Å². The van der Waals surface area contributed by atoms with Gasteiger partial charge >= 0.3 is 0 Å². The quantitative estimate of drug-likeness (QED) is 0.418. The average molecular weight is 426 g/mol. The number of anilines is 1. The van der Waals surface area contributed by atoms with E-state index in [1.54, 1.807) is 24.3 Å². The number of hydrogen-bond donors (Lipinski definition) is 1. The first kappa shape index (κ1) is 19.0. The molecule has 3 aromatic rings. The van der Waals surface area contributed by atoms with Crippen molar-refractivity contribution in [2.45, 2.75) is 10.1 Å². The van der Waals surface area contributed by atoms with E-state index in [0.717, 1.165) is 15.7 Å². The molecule has 5 nitrogen and oxygen atoms in total. The molecule has 0 spiro atoms. The number of benzene rings is 2. The number of carbonyl (C=O) groups excluding carboxylic acids is 1. The first-order chi connectivity index (χ1) is 12.6. The SMILES string of the molecule is O=C(COc1ccc(Cl)cc1)Nc1nnc(SCc2cccc(Cl)c2)s1. The molecule has 0 radical (unpaired) electrons. The zero-order valence-electron chi connectivity index (χ0n) is 13.3. The maximum atomic E-state index is 11.9. The van der Waals surface area contributed by atoms with E-state index in [4.69, 9.17) is 27.9 Å². The fraction of sp³-hybridized carbons (Fsp3) is 0.118. The summed E-state index contributed by atoms with van der Waals surface area (Å²) in [5, 5.41) is 12.5. The van der Waals surface area contributed by atoms with Crippen LogP contribution in [0.15, 0.2) is 52.9 Å². The number of rotatable bonds is 7. The molecule has 134 valence electrons. The highest BCUT2D eigenvalue weighted by atomic mass is 35.5. The molecule has 1 N–H and O–H groups in total. The standard InChI is InChI=1S/C17H13Cl2N3O2S2/c18-12-4-6-14(7-5-12)24-9-15(23)20-16-21-22-17(26-16)25-10-11-2-1-3-13(19)8-11/h1-8H,9-10H2,(H,20,21,23). The third kappa shape index (κ3) is 5.88. The third-order valence-electron chi connectivity index (χ3n) is 3.09. The summed E-state index contributed by atoms with van der Waals surface area (Å²) < 4.78 is 6.15. The van der Waals surface area contributed by atoms with Gasteiger partial charge in [0.15, 0.2) is 10.9 Å². The van der Waals surface area contributed by atoms with Gasteiger partial charge in [-0.1, -0.05) is 58.4 Å². The van der Waals surface area contributed by atoms with Gasteiger partial charge in [0, 0.05) is 15.8 Å². The Balaban J connectivity index is 1.46. The number of ether oxygens (including phenoxy) is 1. The van der Waals surface area contributed by atoms with Crippen molar-refractivity contribution in [3.05, 3.63) is 64.1 Å². The van der Waals surface area contributed by atoms with Gasteiger partial charge in [-0.25, -0.2) is 0 Å². The highest BCUT2D eigenvalue weighted by Crippen LogP contribution is 2.28. The fourth-order valence-electron chi connectivity index (χ4n) is 1.93. The number of carbonyl (C=O) groups is 1. The van der Waals surface area contributed by atoms with Gasteiger partial charge in [-0.05, 0) is 42.0 Å². The maximum Gasteiger partial charge on any atom is 0.264 e. The molecule has 0 aliphatic rings. The molecule has 0 unspecified atom stereocenters. The minimum absolute atomic E-state index is 0.119. The predicted octanol–water partition coefficient (Wildman–Crippen LogP) is 5.15. The van der Waals surface area contributed by atoms with Gasteiger partial charge in [0.1, 0.15) is 5.75 Å². The van der Waals surface area contributed by atoms with Crippen molar-refractivity contribution < 1.29 is 9.53 Å². The minimum Gasteiger partial charge on any atom is -0.484 e. The molecule has 1 heterocycles. The summed E-state index contributed by atoms with van der Waals surface area (Å²) in [6, 6.07) is 14.4. The molecule has 0 atom stereocenters. The van der Waals surface area contributed by atoms with Crippen LogP contribution < -0.4 is 10.1 Å². The van der Waals surface area contributed by atoms with E-state index in [1.165, 1.54) is 23.1 Å². The zero-order valence-corrected chi connectivity index (χ0v) is 16.5. The number of aromatic nitrogens is 2. The van der Waals surface area contributed by atoms with E-state index in [0.29, 0.717) is 20.9 Å². The lowest BCUT2D eigenvalue weighted by atomic mass is 10.2. The lowest BCUT2D eigenvalue weighted by Gasteiger charge is -2.05. The van der Waals surface area contributed by atoms with Crippen molar-refractivity contribution >= 4 is 57.3 Å². The highest BCUT2D eigenvalue weighted by molar-refractivity contribution is 8.00. The Bertz CT molecular complexity index is 888. The molecule has 0 aliphatic heterocycles. The van der Waals surface area contributed by atoms with Crippen molar-refractivity contribution in [1.29, 1.82) is 0 Å². The van der Waals surface area contributed by atoms with Gasteiger partial charge in [-0.2, -0.15) is 0 Å². The summed E-state index contributed by atoms with van der Waals surface area (Å²) >= 11 is 14.6. The van der Waals surface area contributed by atoms with E-state index >= 15 is 0 Å². The summed E-state index contributed by atoms with van der Waals surface area (Å²) in [4.78, 5) is 11.9. The molecule has 26 heavy (non-hydrogen) atoms. The molecule has 9 heteroatoms. The molecule has 0 saturated heterocycles. The number of halogens is 2. The second-order valence-corrected chi connectivity index (χ2v) is 8.16. The fourth-order valence-corrected chi connectivity index (χ4v) is 3.98. The molecule has 1 amide bonds. The van der Waals surface area contributed by atoms with Crippen LogP contribution in [0.25, 0.3) is 0 Å². The van der Waals surface area contributed by atoms with E-state index in [1.807, 2.05) is 24.3 Å². The molecule has 2 aromatic carbocycles. The van der Waals surface area contributed by atoms with Crippen LogP contribution >= 0.6 is 46.3 Å². The summed E-state index contributed by atoms with van der Waals surface area (Å²) in [6.07, 6.45) is 0. The minimum atomic E-state index is -0.303. The van der Waals surface area contributed by atoms with Gasteiger partial charge in [0.05, 0.1) is 0 Å². The number of hydrogen-bond acceptors (Lipinski definition) is 6. The monoisotopic (exact) mass is 425 g/mol. The second kappa shape index (κ2) is 9.23. The average Bonchev–Trinajstić information content (AvgIpc) is 3.07. The number of nitrogens with one attached hydrogen (secondary N) is 1. The Morgan fingerprint density at radius 3 is 2.69 bits per heavy atom. The Labute approximate surface area is 168 Å². The second-order valence-electron chi connectivity index (χ2n) is 5.08. The molecular weight excluding hydrogens is 413 g/mol. The molecule has 3 rings (SSSR count). The molecule has 1 aromatic heterocycles. The molecule has 0 bridgehead atoms. The van der Waals surface area contributed by atoms with Crippen LogP contribution in [0.2, 0.25) is 10.0 Å². The zero-order chi connectivity index (χ0) is 18.4. The Hall–Kier alpha value is -1.80. The number of nitrogens with zero attached hydrogens (tertiary/aromatic N) is 2. The lowest BCUT2D eigenvalue weighted by Crippen LogP contribution is -2.20. The van der Waals surface area contributed by atoms with Crippen molar-refractivity contribution in [2.24, 2.45) is 0 Å². The van der Waals surface area contributed by atoms with Gasteiger partial charge in [-0.3, -0.25) is 10.1 Å². The molecule has 0 fully saturated rings. The summed E-state index contributed by atoms with van der Waals surface area (Å²) in [6.45, 7) is -0.119. The Kier molecular flexibility index (Phi) is 6.73. The molecular formula is C17H13Cl2N3O2S2. The van der Waals surface area contributed by atoms with E-state index in [-0.39, 0.29) is 12.5 Å². The van der Waals surface area contributed by atoms with Crippen molar-refractivity contribution in [1.82, 2.24) is 10.2 Å². The van der Waals surface area contributed by atoms with E-state index in [9.17, 15) is 4.79 Å². The number of amides is 1. The Morgan fingerprint density at radius 1 is 1.12 bits per heavy atom. The van der Waals surface area contributed by atoms with Crippen LogP contribution in [0.5, 0.6) is 5.75 Å². The normalized spacial score (nSPS) is 10.5. The molecule has 0 aliphatic carbocycles. The van der Waals surface area contributed by atoms with Crippen LogP contribution in [0, 0.1) is 0 Å². The van der Waals surface area contributed by atoms with Gasteiger partial charge in [-0.15, -0.1) is 10.2 Å². The first-order valence-electron chi connectivity index (χ1n) is 7.47. The van der Waals surface area contributed by atoms with Gasteiger partial charge < -0.3 is 4.74 Å². The summed E-state index contributed by atoms with van der Waals surface area (Å²) in [7, 11) is 0.